The number of nitrogens with zero attached hydrogens (tertiary/aromatic N) is 1. The third-order valence-electron chi connectivity index (χ3n) is 4.48. The van der Waals surface area contributed by atoms with Crippen LogP contribution in [0.4, 0.5) is 0 Å². The van der Waals surface area contributed by atoms with Gasteiger partial charge in [-0.1, -0.05) is 19.9 Å². The van der Waals surface area contributed by atoms with Gasteiger partial charge < -0.3 is 15.4 Å². The molecular formula is C19H32ClN3O2. The number of hydrogen-bond acceptors (Lipinski definition) is 4. The van der Waals surface area contributed by atoms with Crippen molar-refractivity contribution in [3.05, 3.63) is 29.3 Å². The molecule has 1 aliphatic rings. The first-order valence-corrected chi connectivity index (χ1v) is 8.95. The Bertz CT molecular complexity index is 545. The Hall–Kier alpha value is -1.30. The van der Waals surface area contributed by atoms with Crippen molar-refractivity contribution in [2.24, 2.45) is 0 Å². The summed E-state index contributed by atoms with van der Waals surface area (Å²) in [4.78, 5) is 14.5. The number of carbonyl (C=O) groups excluding carboxylic acids is 1. The molecule has 2 rings (SSSR count). The molecule has 25 heavy (non-hydrogen) atoms. The Morgan fingerprint density at radius 2 is 1.96 bits per heavy atom. The van der Waals surface area contributed by atoms with E-state index in [1.54, 1.807) is 6.92 Å². The standard InChI is InChI=1S/C19H31N3O2.ClH/c1-14(2)18-6-5-17(13-15(18)3)24-16(4)19(23)21-9-12-22-10-7-20-8-11-22;/h5-6,13-14,16,20H,7-12H2,1-4H3,(H,21,23);1H. The minimum absolute atomic E-state index is 0. The average molecular weight is 370 g/mol. The highest BCUT2D eigenvalue weighted by Gasteiger charge is 2.16. The van der Waals surface area contributed by atoms with Gasteiger partial charge in [-0.15, -0.1) is 12.4 Å². The first-order valence-electron chi connectivity index (χ1n) is 8.95. The molecule has 1 aromatic carbocycles. The second-order valence-corrected chi connectivity index (χ2v) is 6.82. The average Bonchev–Trinajstić information content (AvgIpc) is 2.55. The number of piperazine rings is 1. The van der Waals surface area contributed by atoms with Gasteiger partial charge in [0.1, 0.15) is 5.75 Å². The molecule has 2 N–H and O–H groups in total. The van der Waals surface area contributed by atoms with E-state index in [-0.39, 0.29) is 18.3 Å². The lowest BCUT2D eigenvalue weighted by Gasteiger charge is -2.27. The van der Waals surface area contributed by atoms with E-state index in [0.29, 0.717) is 12.5 Å². The summed E-state index contributed by atoms with van der Waals surface area (Å²) in [5.41, 5.74) is 2.52. The normalized spacial score (nSPS) is 16.2. The predicted octanol–water partition coefficient (Wildman–Crippen LogP) is 2.33. The summed E-state index contributed by atoms with van der Waals surface area (Å²) in [6, 6.07) is 6.05. The fourth-order valence-corrected chi connectivity index (χ4v) is 3.04. The zero-order valence-corrected chi connectivity index (χ0v) is 16.6. The summed E-state index contributed by atoms with van der Waals surface area (Å²) in [5.74, 6) is 1.18. The number of hydrogen-bond donors (Lipinski definition) is 2. The van der Waals surface area contributed by atoms with Crippen molar-refractivity contribution in [3.8, 4) is 5.75 Å². The van der Waals surface area contributed by atoms with Gasteiger partial charge in [0, 0.05) is 39.3 Å². The molecule has 1 fully saturated rings. The van der Waals surface area contributed by atoms with E-state index in [4.69, 9.17) is 4.74 Å². The van der Waals surface area contributed by atoms with Crippen LogP contribution in [-0.4, -0.2) is 56.2 Å². The van der Waals surface area contributed by atoms with Crippen molar-refractivity contribution >= 4 is 18.3 Å². The molecule has 0 radical (unpaired) electrons. The van der Waals surface area contributed by atoms with Crippen LogP contribution in [0.2, 0.25) is 0 Å². The third kappa shape index (κ3) is 6.84. The summed E-state index contributed by atoms with van der Waals surface area (Å²) < 4.78 is 5.80. The number of carbonyl (C=O) groups is 1. The van der Waals surface area contributed by atoms with Gasteiger partial charge in [0.15, 0.2) is 6.10 Å². The molecule has 1 saturated heterocycles. The first-order chi connectivity index (χ1) is 11.5. The van der Waals surface area contributed by atoms with Crippen LogP contribution in [0.3, 0.4) is 0 Å². The lowest BCUT2D eigenvalue weighted by atomic mass is 9.98. The molecule has 5 nitrogen and oxygen atoms in total. The molecule has 1 amide bonds. The van der Waals surface area contributed by atoms with Gasteiger partial charge in [0.25, 0.3) is 5.91 Å². The summed E-state index contributed by atoms with van der Waals surface area (Å²) >= 11 is 0. The van der Waals surface area contributed by atoms with Gasteiger partial charge in [0.05, 0.1) is 0 Å². The third-order valence-corrected chi connectivity index (χ3v) is 4.48. The molecule has 1 aromatic rings. The topological polar surface area (TPSA) is 53.6 Å². The maximum Gasteiger partial charge on any atom is 0.260 e. The number of amides is 1. The highest BCUT2D eigenvalue weighted by molar-refractivity contribution is 5.85. The molecule has 0 aromatic heterocycles. The molecule has 6 heteroatoms. The molecule has 1 heterocycles. The second-order valence-electron chi connectivity index (χ2n) is 6.82. The number of benzene rings is 1. The smallest absolute Gasteiger partial charge is 0.260 e. The van der Waals surface area contributed by atoms with Gasteiger partial charge in [0.2, 0.25) is 0 Å². The summed E-state index contributed by atoms with van der Waals surface area (Å²) in [6.07, 6.45) is -0.489. The quantitative estimate of drug-likeness (QED) is 0.774. The number of aryl methyl sites for hydroxylation is 1. The Labute approximate surface area is 157 Å². The van der Waals surface area contributed by atoms with E-state index in [9.17, 15) is 4.79 Å². The van der Waals surface area contributed by atoms with Gasteiger partial charge >= 0.3 is 0 Å². The van der Waals surface area contributed by atoms with E-state index in [2.05, 4.69) is 42.4 Å². The van der Waals surface area contributed by atoms with Crippen LogP contribution in [0.1, 0.15) is 37.8 Å². The fourth-order valence-electron chi connectivity index (χ4n) is 3.04. The zero-order valence-electron chi connectivity index (χ0n) is 15.8. The van der Waals surface area contributed by atoms with Gasteiger partial charge in [-0.05, 0) is 43.0 Å². The van der Waals surface area contributed by atoms with E-state index in [1.807, 2.05) is 12.1 Å². The zero-order chi connectivity index (χ0) is 17.5. The summed E-state index contributed by atoms with van der Waals surface area (Å²) in [5, 5.41) is 6.29. The number of nitrogens with one attached hydrogen (secondary N) is 2. The highest BCUT2D eigenvalue weighted by atomic mass is 35.5. The molecule has 0 aliphatic carbocycles. The molecule has 1 aliphatic heterocycles. The van der Waals surface area contributed by atoms with Crippen LogP contribution in [0, 0.1) is 6.92 Å². The fraction of sp³-hybridized carbons (Fsp3) is 0.632. The molecule has 0 saturated carbocycles. The van der Waals surface area contributed by atoms with Crippen molar-refractivity contribution in [2.45, 2.75) is 39.7 Å². The SMILES string of the molecule is Cc1cc(OC(C)C(=O)NCCN2CCNCC2)ccc1C(C)C.Cl. The minimum atomic E-state index is -0.489. The van der Waals surface area contributed by atoms with Gasteiger partial charge in [-0.25, -0.2) is 0 Å². The minimum Gasteiger partial charge on any atom is -0.481 e. The molecule has 142 valence electrons. The maximum absolute atomic E-state index is 12.2. The van der Waals surface area contributed by atoms with Crippen LogP contribution in [0.15, 0.2) is 18.2 Å². The van der Waals surface area contributed by atoms with Gasteiger partial charge in [-0.3, -0.25) is 9.69 Å². The lowest BCUT2D eigenvalue weighted by molar-refractivity contribution is -0.127. The number of halogens is 1. The highest BCUT2D eigenvalue weighted by Crippen LogP contribution is 2.24. The van der Waals surface area contributed by atoms with Gasteiger partial charge in [-0.2, -0.15) is 0 Å². The summed E-state index contributed by atoms with van der Waals surface area (Å²) in [7, 11) is 0. The van der Waals surface area contributed by atoms with E-state index in [1.165, 1.54) is 11.1 Å². The number of rotatable bonds is 7. The van der Waals surface area contributed by atoms with E-state index in [0.717, 1.165) is 38.5 Å². The number of ether oxygens (including phenoxy) is 1. The van der Waals surface area contributed by atoms with E-state index >= 15 is 0 Å². The Kier molecular flexibility index (Phi) is 9.25. The Balaban J connectivity index is 0.00000312. The van der Waals surface area contributed by atoms with Crippen LogP contribution >= 0.6 is 12.4 Å². The largest absolute Gasteiger partial charge is 0.481 e. The Morgan fingerprint density at radius 3 is 2.56 bits per heavy atom. The van der Waals surface area contributed by atoms with Crippen molar-refractivity contribution < 1.29 is 9.53 Å². The van der Waals surface area contributed by atoms with Crippen molar-refractivity contribution in [2.75, 3.05) is 39.3 Å². The maximum atomic E-state index is 12.2. The van der Waals surface area contributed by atoms with Crippen molar-refractivity contribution in [3.63, 3.8) is 0 Å². The second kappa shape index (κ2) is 10.6. The van der Waals surface area contributed by atoms with Crippen molar-refractivity contribution in [1.29, 1.82) is 0 Å². The van der Waals surface area contributed by atoms with Crippen LogP contribution in [0.5, 0.6) is 5.75 Å². The molecule has 0 spiro atoms. The molecule has 0 bridgehead atoms. The van der Waals surface area contributed by atoms with Crippen molar-refractivity contribution in [1.82, 2.24) is 15.5 Å². The Morgan fingerprint density at radius 1 is 1.28 bits per heavy atom. The van der Waals surface area contributed by atoms with Crippen LogP contribution in [-0.2, 0) is 4.79 Å². The predicted molar refractivity (Wildman–Crippen MR) is 105 cm³/mol. The first kappa shape index (κ1) is 21.7. The van der Waals surface area contributed by atoms with Crippen LogP contribution in [0.25, 0.3) is 0 Å². The molecular weight excluding hydrogens is 338 g/mol. The van der Waals surface area contributed by atoms with E-state index < -0.39 is 6.10 Å². The molecule has 1 unspecified atom stereocenters. The summed E-state index contributed by atoms with van der Waals surface area (Å²) in [6.45, 7) is 13.9. The molecule has 1 atom stereocenters. The monoisotopic (exact) mass is 369 g/mol. The van der Waals surface area contributed by atoms with Crippen LogP contribution < -0.4 is 15.4 Å². The lowest BCUT2D eigenvalue weighted by Crippen LogP contribution is -2.47.